The molecule has 2 aromatic rings. The second-order valence-corrected chi connectivity index (χ2v) is 19.1. The van der Waals surface area contributed by atoms with Gasteiger partial charge in [0, 0.05) is 60.8 Å². The van der Waals surface area contributed by atoms with Gasteiger partial charge in [-0.05, 0) is 100 Å². The van der Waals surface area contributed by atoms with Gasteiger partial charge in [-0.2, -0.15) is 12.7 Å². The van der Waals surface area contributed by atoms with E-state index in [4.69, 9.17) is 9.47 Å². The van der Waals surface area contributed by atoms with Gasteiger partial charge in [-0.3, -0.25) is 9.59 Å². The molecule has 3 saturated heterocycles. The highest BCUT2D eigenvalue weighted by molar-refractivity contribution is 7.87. The van der Waals surface area contributed by atoms with Gasteiger partial charge in [0.25, 0.3) is 5.91 Å². The zero-order chi connectivity index (χ0) is 37.0. The number of rotatable bonds is 6. The summed E-state index contributed by atoms with van der Waals surface area (Å²) in [4.78, 5) is 45.6. The standard InChI is InChI=1S/C40H51N5O7S/c1-39(2,3)52-38(48)44-22-26-18-27(44)21-43(26)37(47)40-20-32(40)31-19-28(51-4)12-14-29(31)35-34(24-9-6-5-7-10-24)30-13-11-25(17-33(30)45(35)23-40)36(46)41-53(49,50)42-15-8-16-42/h11-14,17,19,24,26-27,29,31-32H,5-10,15-16,18,20-23H2,1-4H3,(H,41,46). The van der Waals surface area contributed by atoms with Gasteiger partial charge in [-0.15, -0.1) is 0 Å². The Labute approximate surface area is 311 Å². The SMILES string of the molecule is COC1=CC2C(C=C1)c1c(C3CCCCC3)c3ccc(C(=O)NS(=O)(=O)N4CCC4)cc3n1CC1(C(=O)N3CC4CC3CN4C(=O)OC(C)(C)C)CC21. The third-order valence-electron chi connectivity index (χ3n) is 13.2. The molecular formula is C40H51N5O7S. The fraction of sp³-hybridized carbons (Fsp3) is 0.625. The molecule has 53 heavy (non-hydrogen) atoms. The molecule has 3 aliphatic carbocycles. The van der Waals surface area contributed by atoms with Crippen LogP contribution in [0.2, 0.25) is 0 Å². The molecule has 3 amide bonds. The van der Waals surface area contributed by atoms with Crippen molar-refractivity contribution in [3.05, 3.63) is 59.0 Å². The predicted molar refractivity (Wildman–Crippen MR) is 198 cm³/mol. The first-order valence-corrected chi connectivity index (χ1v) is 20.9. The van der Waals surface area contributed by atoms with Crippen LogP contribution in [0, 0.1) is 17.3 Å². The maximum Gasteiger partial charge on any atom is 0.410 e. The molecule has 2 bridgehead atoms. The van der Waals surface area contributed by atoms with E-state index >= 15 is 4.79 Å². The van der Waals surface area contributed by atoms with E-state index in [0.29, 0.717) is 38.6 Å². The average Bonchev–Trinajstić information content (AvgIpc) is 3.33. The molecule has 12 nitrogen and oxygen atoms in total. The van der Waals surface area contributed by atoms with Crippen LogP contribution < -0.4 is 4.72 Å². The van der Waals surface area contributed by atoms with Gasteiger partial charge in [0.05, 0.1) is 24.6 Å². The summed E-state index contributed by atoms with van der Waals surface area (Å²) < 4.78 is 43.2. The minimum Gasteiger partial charge on any atom is -0.497 e. The zero-order valence-electron chi connectivity index (χ0n) is 31.2. The molecule has 1 aromatic carbocycles. The molecule has 0 radical (unpaired) electrons. The third-order valence-corrected chi connectivity index (χ3v) is 14.7. The van der Waals surface area contributed by atoms with E-state index in [1.165, 1.54) is 22.0 Å². The average molecular weight is 746 g/mol. The topological polar surface area (TPSA) is 130 Å². The van der Waals surface area contributed by atoms with Crippen LogP contribution in [0.4, 0.5) is 4.79 Å². The number of likely N-dealkylation sites (tertiary alicyclic amines) is 2. The number of hydrogen-bond acceptors (Lipinski definition) is 7. The highest BCUT2D eigenvalue weighted by Gasteiger charge is 2.68. The summed E-state index contributed by atoms with van der Waals surface area (Å²) in [6.45, 7) is 7.86. The monoisotopic (exact) mass is 745 g/mol. The molecule has 284 valence electrons. The Hall–Kier alpha value is -3.84. The van der Waals surface area contributed by atoms with Crippen LogP contribution in [-0.4, -0.2) is 96.0 Å². The van der Waals surface area contributed by atoms with Crippen molar-refractivity contribution in [2.75, 3.05) is 33.3 Å². The molecule has 0 spiro atoms. The maximum atomic E-state index is 15.1. The molecule has 6 atom stereocenters. The summed E-state index contributed by atoms with van der Waals surface area (Å²) in [5, 5.41) is 1.08. The van der Waals surface area contributed by atoms with Crippen molar-refractivity contribution >= 4 is 39.0 Å². The molecule has 7 aliphatic rings. The Morgan fingerprint density at radius 1 is 0.981 bits per heavy atom. The molecule has 6 unspecified atom stereocenters. The van der Waals surface area contributed by atoms with Crippen LogP contribution in [0.3, 0.4) is 0 Å². The van der Waals surface area contributed by atoms with Crippen molar-refractivity contribution in [2.45, 2.75) is 108 Å². The van der Waals surface area contributed by atoms with E-state index in [1.807, 2.05) is 37.8 Å². The fourth-order valence-corrected chi connectivity index (χ4v) is 11.7. The normalized spacial score (nSPS) is 30.9. The van der Waals surface area contributed by atoms with Crippen LogP contribution in [0.15, 0.2) is 42.2 Å². The van der Waals surface area contributed by atoms with Gasteiger partial charge in [-0.1, -0.05) is 31.4 Å². The summed E-state index contributed by atoms with van der Waals surface area (Å²) in [6, 6.07) is 5.48. The number of allylic oxidation sites excluding steroid dienone is 3. The van der Waals surface area contributed by atoms with Gasteiger partial charge in [0.1, 0.15) is 11.4 Å². The molecule has 2 saturated carbocycles. The van der Waals surface area contributed by atoms with Crippen LogP contribution in [0.25, 0.3) is 10.9 Å². The summed E-state index contributed by atoms with van der Waals surface area (Å²) in [6.07, 6.45) is 14.2. The number of carbonyl (C=O) groups is 3. The van der Waals surface area contributed by atoms with E-state index in [9.17, 15) is 18.0 Å². The van der Waals surface area contributed by atoms with Crippen molar-refractivity contribution in [3.8, 4) is 0 Å². The number of fused-ring (bicyclic) bond motifs is 9. The smallest absolute Gasteiger partial charge is 0.410 e. The van der Waals surface area contributed by atoms with E-state index in [2.05, 4.69) is 27.5 Å². The van der Waals surface area contributed by atoms with Crippen LogP contribution >= 0.6 is 0 Å². The summed E-state index contributed by atoms with van der Waals surface area (Å²) >= 11 is 0. The predicted octanol–water partition coefficient (Wildman–Crippen LogP) is 5.41. The summed E-state index contributed by atoms with van der Waals surface area (Å²) in [5.41, 5.74) is 2.43. The molecule has 1 N–H and O–H groups in total. The number of nitrogens with zero attached hydrogens (tertiary/aromatic N) is 4. The number of hydrogen-bond donors (Lipinski definition) is 1. The number of nitrogens with one attached hydrogen (secondary N) is 1. The first kappa shape index (κ1) is 34.9. The number of benzene rings is 1. The second kappa shape index (κ2) is 12.3. The van der Waals surface area contributed by atoms with Crippen molar-refractivity contribution in [1.29, 1.82) is 0 Å². The van der Waals surface area contributed by atoms with Crippen molar-refractivity contribution < 1.29 is 32.3 Å². The highest BCUT2D eigenvalue weighted by Crippen LogP contribution is 2.66. The molecule has 5 fully saturated rings. The Morgan fingerprint density at radius 2 is 1.72 bits per heavy atom. The van der Waals surface area contributed by atoms with Gasteiger partial charge in [-0.25, -0.2) is 9.52 Å². The largest absolute Gasteiger partial charge is 0.497 e. The molecule has 13 heteroatoms. The van der Waals surface area contributed by atoms with Crippen molar-refractivity contribution in [2.24, 2.45) is 17.3 Å². The van der Waals surface area contributed by atoms with Gasteiger partial charge >= 0.3 is 16.3 Å². The molecular weight excluding hydrogens is 695 g/mol. The number of ether oxygens (including phenoxy) is 2. The van der Waals surface area contributed by atoms with Crippen LogP contribution in [-0.2, 0) is 31.0 Å². The number of piperazine rings is 1. The van der Waals surface area contributed by atoms with E-state index < -0.39 is 27.1 Å². The summed E-state index contributed by atoms with van der Waals surface area (Å²) in [5.74, 6) is 0.810. The Bertz CT molecular complexity index is 2060. The van der Waals surface area contributed by atoms with E-state index in [0.717, 1.165) is 61.6 Å². The maximum absolute atomic E-state index is 15.1. The van der Waals surface area contributed by atoms with Crippen molar-refractivity contribution in [1.82, 2.24) is 23.4 Å². The Kier molecular flexibility index (Phi) is 8.13. The minimum atomic E-state index is -3.92. The molecule has 5 heterocycles. The fourth-order valence-electron chi connectivity index (χ4n) is 10.5. The Morgan fingerprint density at radius 3 is 2.38 bits per heavy atom. The van der Waals surface area contributed by atoms with E-state index in [1.54, 1.807) is 18.1 Å². The van der Waals surface area contributed by atoms with Crippen LogP contribution in [0.5, 0.6) is 0 Å². The second-order valence-electron chi connectivity index (χ2n) is 17.5. The lowest BCUT2D eigenvalue weighted by Gasteiger charge is -2.37. The molecule has 9 rings (SSSR count). The lowest BCUT2D eigenvalue weighted by Crippen LogP contribution is -2.53. The number of carbonyl (C=O) groups excluding carboxylic acids is 3. The lowest BCUT2D eigenvalue weighted by molar-refractivity contribution is -0.140. The Balaban J connectivity index is 1.12. The lowest BCUT2D eigenvalue weighted by atomic mass is 9.75. The zero-order valence-corrected chi connectivity index (χ0v) is 32.0. The number of amides is 3. The van der Waals surface area contributed by atoms with Gasteiger partial charge < -0.3 is 23.8 Å². The van der Waals surface area contributed by atoms with Gasteiger partial charge in [0.2, 0.25) is 5.91 Å². The quantitative estimate of drug-likeness (QED) is 0.419. The van der Waals surface area contributed by atoms with Crippen LogP contribution in [0.1, 0.15) is 106 Å². The molecule has 4 aliphatic heterocycles. The summed E-state index contributed by atoms with van der Waals surface area (Å²) in [7, 11) is -2.23. The highest BCUT2D eigenvalue weighted by atomic mass is 32.2. The first-order valence-electron chi connectivity index (χ1n) is 19.5. The van der Waals surface area contributed by atoms with E-state index in [-0.39, 0.29) is 47.4 Å². The molecule has 1 aromatic heterocycles. The van der Waals surface area contributed by atoms with Crippen molar-refractivity contribution in [3.63, 3.8) is 0 Å². The minimum absolute atomic E-state index is 0.0159. The number of methoxy groups -OCH3 is 1. The third kappa shape index (κ3) is 5.70. The van der Waals surface area contributed by atoms with Gasteiger partial charge in [0.15, 0.2) is 0 Å². The number of aromatic nitrogens is 1. The first-order chi connectivity index (χ1) is 25.3.